The van der Waals surface area contributed by atoms with Crippen molar-refractivity contribution >= 4 is 21.9 Å². The lowest BCUT2D eigenvalue weighted by molar-refractivity contribution is 1.61. The summed E-state index contributed by atoms with van der Waals surface area (Å²) in [5.41, 5.74) is 4.72. The lowest BCUT2D eigenvalue weighted by Crippen LogP contribution is -1.90. The van der Waals surface area contributed by atoms with Gasteiger partial charge in [0.05, 0.1) is 0 Å². The van der Waals surface area contributed by atoms with Crippen LogP contribution in [0.15, 0.2) is 98.2 Å². The fourth-order valence-electron chi connectivity index (χ4n) is 2.80. The van der Waals surface area contributed by atoms with Crippen LogP contribution < -0.4 is 0 Å². The van der Waals surface area contributed by atoms with Gasteiger partial charge in [0.2, 0.25) is 0 Å². The predicted molar refractivity (Wildman–Crippen MR) is 110 cm³/mol. The molecule has 0 N–H and O–H groups in total. The Hall–Kier alpha value is -2.86. The highest BCUT2D eigenvalue weighted by Crippen LogP contribution is 2.33. The normalized spacial score (nSPS) is 13.1. The molecule has 0 spiro atoms. The van der Waals surface area contributed by atoms with Crippen molar-refractivity contribution in [2.45, 2.75) is 13.8 Å². The van der Waals surface area contributed by atoms with Crippen molar-refractivity contribution < 1.29 is 0 Å². The van der Waals surface area contributed by atoms with Crippen LogP contribution in [0.4, 0.5) is 0 Å². The van der Waals surface area contributed by atoms with Gasteiger partial charge in [-0.15, -0.1) is 0 Å². The van der Waals surface area contributed by atoms with Crippen molar-refractivity contribution in [2.24, 2.45) is 0 Å². The van der Waals surface area contributed by atoms with Gasteiger partial charge in [-0.25, -0.2) is 0 Å². The molecule has 0 saturated heterocycles. The molecule has 0 heteroatoms. The Morgan fingerprint density at radius 3 is 2.08 bits per heavy atom. The molecule has 0 aliphatic carbocycles. The van der Waals surface area contributed by atoms with Gasteiger partial charge in [-0.2, -0.15) is 0 Å². The van der Waals surface area contributed by atoms with Crippen molar-refractivity contribution in [1.82, 2.24) is 0 Å². The third kappa shape index (κ3) is 3.72. The topological polar surface area (TPSA) is 0 Å². The van der Waals surface area contributed by atoms with Gasteiger partial charge in [-0.1, -0.05) is 98.2 Å². The summed E-state index contributed by atoms with van der Waals surface area (Å²) < 4.78 is 0. The van der Waals surface area contributed by atoms with Gasteiger partial charge in [0.15, 0.2) is 0 Å². The first-order valence-electron chi connectivity index (χ1n) is 8.20. The largest absolute Gasteiger partial charge is 0.0991 e. The van der Waals surface area contributed by atoms with Gasteiger partial charge in [0.25, 0.3) is 0 Å². The van der Waals surface area contributed by atoms with Crippen LogP contribution in [-0.4, -0.2) is 0 Å². The van der Waals surface area contributed by atoms with Crippen molar-refractivity contribution in [3.05, 3.63) is 109 Å². The first kappa shape index (κ1) is 17.5. The monoisotopic (exact) mass is 312 g/mol. The Morgan fingerprint density at radius 1 is 0.875 bits per heavy atom. The molecule has 0 aliphatic rings. The molecule has 0 fully saturated rings. The average molecular weight is 312 g/mol. The van der Waals surface area contributed by atoms with E-state index < -0.39 is 0 Å². The fourth-order valence-corrected chi connectivity index (χ4v) is 2.80. The number of hydrogen-bond donors (Lipinski definition) is 0. The van der Waals surface area contributed by atoms with E-state index in [0.717, 1.165) is 5.57 Å². The van der Waals surface area contributed by atoms with Crippen molar-refractivity contribution in [3.8, 4) is 0 Å². The predicted octanol–water partition coefficient (Wildman–Crippen LogP) is 7.13. The summed E-state index contributed by atoms with van der Waals surface area (Å²) in [7, 11) is 0. The van der Waals surface area contributed by atoms with E-state index in [9.17, 15) is 0 Å². The van der Waals surface area contributed by atoms with E-state index >= 15 is 0 Å². The Bertz CT molecular complexity index is 849. The Morgan fingerprint density at radius 2 is 1.54 bits per heavy atom. The van der Waals surface area contributed by atoms with Crippen molar-refractivity contribution in [3.63, 3.8) is 0 Å². The first-order chi connectivity index (χ1) is 11.8. The molecule has 120 valence electrons. The lowest BCUT2D eigenvalue weighted by atomic mass is 9.90. The minimum Gasteiger partial charge on any atom is -0.0991 e. The van der Waals surface area contributed by atoms with Gasteiger partial charge in [0.1, 0.15) is 0 Å². The minimum atomic E-state index is 1.12. The minimum absolute atomic E-state index is 1.12. The van der Waals surface area contributed by atoms with E-state index in [1.807, 2.05) is 31.2 Å². The van der Waals surface area contributed by atoms with E-state index in [0.29, 0.717) is 0 Å². The summed E-state index contributed by atoms with van der Waals surface area (Å²) in [4.78, 5) is 0. The van der Waals surface area contributed by atoms with Crippen LogP contribution in [-0.2, 0) is 0 Å². The standard InChI is InChI=1S/C24H24/c1-5-9-13-19(7-3)22-17-11-15-21-16-12-18-23(24(21)22)20(8-4)14-10-6-2/h5-18H,1,4H2,2-3H3/b10-6-,13-9-,19-7+,20-14+. The maximum absolute atomic E-state index is 4.00. The van der Waals surface area contributed by atoms with Crippen LogP contribution in [0.1, 0.15) is 25.0 Å². The molecule has 0 heterocycles. The van der Waals surface area contributed by atoms with Crippen molar-refractivity contribution in [1.29, 1.82) is 0 Å². The second-order valence-corrected chi connectivity index (χ2v) is 5.40. The summed E-state index contributed by atoms with van der Waals surface area (Å²) in [6.07, 6.45) is 16.1. The molecule has 0 nitrogen and oxygen atoms in total. The second-order valence-electron chi connectivity index (χ2n) is 5.40. The maximum atomic E-state index is 4.00. The number of benzene rings is 2. The molecule has 0 radical (unpaired) electrons. The highest BCUT2D eigenvalue weighted by atomic mass is 14.1. The number of allylic oxidation sites excluding steroid dienone is 10. The Labute approximate surface area is 145 Å². The van der Waals surface area contributed by atoms with E-state index in [1.54, 1.807) is 6.08 Å². The van der Waals surface area contributed by atoms with E-state index in [-0.39, 0.29) is 0 Å². The van der Waals surface area contributed by atoms with Crippen LogP contribution in [0.5, 0.6) is 0 Å². The molecule has 24 heavy (non-hydrogen) atoms. The maximum Gasteiger partial charge on any atom is -0.00269 e. The molecular weight excluding hydrogens is 288 g/mol. The Balaban J connectivity index is 2.81. The first-order valence-corrected chi connectivity index (χ1v) is 8.20. The molecule has 2 aromatic rings. The smallest absolute Gasteiger partial charge is 0.00269 e. The van der Waals surface area contributed by atoms with Gasteiger partial charge in [0, 0.05) is 0 Å². The molecule has 2 rings (SSSR count). The molecule has 0 saturated carbocycles. The van der Waals surface area contributed by atoms with Crippen molar-refractivity contribution in [2.75, 3.05) is 0 Å². The molecule has 0 atom stereocenters. The van der Waals surface area contributed by atoms with Crippen LogP contribution in [0.3, 0.4) is 0 Å². The number of rotatable bonds is 6. The van der Waals surface area contributed by atoms with Crippen LogP contribution >= 0.6 is 0 Å². The number of hydrogen-bond acceptors (Lipinski definition) is 0. The SMILES string of the molecule is C=C/C=C\C(=C/C)c1cccc2cccc(/C(C=C)=C/C=C\C)c12. The summed E-state index contributed by atoms with van der Waals surface area (Å²) in [5, 5.41) is 2.47. The number of fused-ring (bicyclic) bond motifs is 1. The summed E-state index contributed by atoms with van der Waals surface area (Å²) >= 11 is 0. The van der Waals surface area contributed by atoms with Crippen LogP contribution in [0, 0.1) is 0 Å². The summed E-state index contributed by atoms with van der Waals surface area (Å²) in [6.45, 7) is 11.9. The lowest BCUT2D eigenvalue weighted by Gasteiger charge is -2.13. The zero-order chi connectivity index (χ0) is 17.4. The van der Waals surface area contributed by atoms with E-state index in [2.05, 4.69) is 74.7 Å². The van der Waals surface area contributed by atoms with E-state index in [1.165, 1.54) is 27.5 Å². The zero-order valence-corrected chi connectivity index (χ0v) is 14.5. The molecular formula is C24H24. The van der Waals surface area contributed by atoms with Crippen LogP contribution in [0.25, 0.3) is 21.9 Å². The highest BCUT2D eigenvalue weighted by Gasteiger charge is 2.10. The molecule has 0 aliphatic heterocycles. The molecule has 0 unspecified atom stereocenters. The van der Waals surface area contributed by atoms with Gasteiger partial charge >= 0.3 is 0 Å². The van der Waals surface area contributed by atoms with Gasteiger partial charge < -0.3 is 0 Å². The molecule has 0 bridgehead atoms. The van der Waals surface area contributed by atoms with Gasteiger partial charge in [-0.3, -0.25) is 0 Å². The highest BCUT2D eigenvalue weighted by molar-refractivity contribution is 6.04. The second kappa shape index (κ2) is 8.69. The van der Waals surface area contributed by atoms with E-state index in [4.69, 9.17) is 0 Å². The quantitative estimate of drug-likeness (QED) is 0.498. The summed E-state index contributed by atoms with van der Waals surface area (Å²) in [6, 6.07) is 12.9. The van der Waals surface area contributed by atoms with Crippen LogP contribution in [0.2, 0.25) is 0 Å². The average Bonchev–Trinajstić information content (AvgIpc) is 2.63. The molecule has 0 amide bonds. The Kier molecular flexibility index (Phi) is 6.33. The fraction of sp³-hybridized carbons (Fsp3) is 0.0833. The molecule has 0 aromatic heterocycles. The molecule has 2 aromatic carbocycles. The summed E-state index contributed by atoms with van der Waals surface area (Å²) in [5.74, 6) is 0. The third-order valence-electron chi connectivity index (χ3n) is 3.94. The van der Waals surface area contributed by atoms with Gasteiger partial charge in [-0.05, 0) is 46.9 Å². The third-order valence-corrected chi connectivity index (χ3v) is 3.94. The zero-order valence-electron chi connectivity index (χ0n) is 14.5.